The lowest BCUT2D eigenvalue weighted by molar-refractivity contribution is -0.0322. The molecule has 3 heterocycles. The number of rotatable bonds is 5. The average molecular weight is 493 g/mol. The molecule has 1 N–H and O–H groups in total. The summed E-state index contributed by atoms with van der Waals surface area (Å²) in [6, 6.07) is 10.9. The van der Waals surface area contributed by atoms with Crippen LogP contribution in [0.4, 0.5) is 14.5 Å². The van der Waals surface area contributed by atoms with Crippen LogP contribution in [-0.4, -0.2) is 37.1 Å². The molecule has 8 nitrogen and oxygen atoms in total. The van der Waals surface area contributed by atoms with Crippen molar-refractivity contribution >= 4 is 11.6 Å². The van der Waals surface area contributed by atoms with Crippen LogP contribution in [0.5, 0.6) is 0 Å². The number of nitrogens with one attached hydrogen (secondary N) is 1. The van der Waals surface area contributed by atoms with Crippen LogP contribution in [0.2, 0.25) is 0 Å². The van der Waals surface area contributed by atoms with E-state index in [1.54, 1.807) is 17.8 Å². The van der Waals surface area contributed by atoms with Crippen LogP contribution in [0.1, 0.15) is 47.4 Å². The maximum absolute atomic E-state index is 14.0. The largest absolute Gasteiger partial charge is 0.358 e. The Bertz CT molecular complexity index is 1420. The van der Waals surface area contributed by atoms with Crippen molar-refractivity contribution in [3.8, 4) is 22.6 Å². The molecule has 2 aromatic carbocycles. The topological polar surface area (TPSA) is 86.9 Å². The lowest BCUT2D eigenvalue weighted by atomic mass is 10.0. The van der Waals surface area contributed by atoms with Gasteiger partial charge in [-0.1, -0.05) is 18.2 Å². The maximum Gasteiger partial charge on any atom is 0.276 e. The Kier molecular flexibility index (Phi) is 6.36. The highest BCUT2D eigenvalue weighted by molar-refractivity contribution is 6.03. The number of para-hydroxylation sites is 1. The highest BCUT2D eigenvalue weighted by Gasteiger charge is 2.24. The van der Waals surface area contributed by atoms with Gasteiger partial charge in [-0.3, -0.25) is 14.0 Å². The Hall–Kier alpha value is -3.92. The standard InChI is InChI=1S/C26H26F2N6O2/c1-15-10-11-17(25-31-30-16(2)34(25)23-9-4-5-12-36-23)13-18(15)22-14-21(32-33(22)3)26(35)29-24-19(27)7-6-8-20(24)28/h6-8,10-11,13-14,23H,4-5,9,12H2,1-3H3,(H,29,35). The number of benzene rings is 2. The normalized spacial score (nSPS) is 15.8. The van der Waals surface area contributed by atoms with Crippen molar-refractivity contribution in [3.63, 3.8) is 0 Å². The van der Waals surface area contributed by atoms with E-state index in [4.69, 9.17) is 4.74 Å². The summed E-state index contributed by atoms with van der Waals surface area (Å²) in [5.41, 5.74) is 2.86. The van der Waals surface area contributed by atoms with Crippen molar-refractivity contribution in [2.24, 2.45) is 7.05 Å². The van der Waals surface area contributed by atoms with E-state index in [0.29, 0.717) is 18.1 Å². The Morgan fingerprint density at radius 3 is 2.58 bits per heavy atom. The van der Waals surface area contributed by atoms with Gasteiger partial charge in [0.1, 0.15) is 29.4 Å². The zero-order chi connectivity index (χ0) is 25.4. The maximum atomic E-state index is 14.0. The first-order valence-electron chi connectivity index (χ1n) is 11.8. The van der Waals surface area contributed by atoms with E-state index in [9.17, 15) is 13.6 Å². The number of aromatic nitrogens is 5. The van der Waals surface area contributed by atoms with Gasteiger partial charge < -0.3 is 10.1 Å². The molecule has 0 bridgehead atoms. The molecule has 0 saturated carbocycles. The minimum absolute atomic E-state index is 0.0366. The third kappa shape index (κ3) is 4.39. The second kappa shape index (κ2) is 9.62. The van der Waals surface area contributed by atoms with Gasteiger partial charge in [0.2, 0.25) is 0 Å². The molecular formula is C26H26F2N6O2. The number of carbonyl (C=O) groups excluding carboxylic acids is 1. The van der Waals surface area contributed by atoms with E-state index in [1.165, 1.54) is 6.07 Å². The molecule has 1 unspecified atom stereocenters. The Labute approximate surface area is 206 Å². The number of hydrogen-bond donors (Lipinski definition) is 1. The number of hydrogen-bond acceptors (Lipinski definition) is 5. The quantitative estimate of drug-likeness (QED) is 0.414. The Morgan fingerprint density at radius 2 is 1.86 bits per heavy atom. The van der Waals surface area contributed by atoms with Crippen LogP contribution in [0.3, 0.4) is 0 Å². The minimum Gasteiger partial charge on any atom is -0.358 e. The third-order valence-corrected chi connectivity index (χ3v) is 6.40. The fourth-order valence-electron chi connectivity index (χ4n) is 4.50. The number of nitrogens with zero attached hydrogens (tertiary/aromatic N) is 5. The zero-order valence-electron chi connectivity index (χ0n) is 20.3. The van der Waals surface area contributed by atoms with Crippen LogP contribution in [0.25, 0.3) is 22.6 Å². The molecule has 10 heteroatoms. The van der Waals surface area contributed by atoms with Crippen LogP contribution < -0.4 is 5.32 Å². The fraction of sp³-hybridized carbons (Fsp3) is 0.308. The van der Waals surface area contributed by atoms with Crippen molar-refractivity contribution in [2.75, 3.05) is 11.9 Å². The smallest absolute Gasteiger partial charge is 0.276 e. The Balaban J connectivity index is 1.48. The summed E-state index contributed by atoms with van der Waals surface area (Å²) in [6.45, 7) is 4.58. The van der Waals surface area contributed by atoms with Crippen molar-refractivity contribution < 1.29 is 18.3 Å². The van der Waals surface area contributed by atoms with Crippen LogP contribution >= 0.6 is 0 Å². The number of amides is 1. The molecule has 186 valence electrons. The summed E-state index contributed by atoms with van der Waals surface area (Å²) in [4.78, 5) is 12.8. The SMILES string of the molecule is Cc1ccc(-c2nnc(C)n2C2CCCCO2)cc1-c1cc(C(=O)Nc2c(F)cccc2F)nn1C. The molecule has 1 saturated heterocycles. The number of halogens is 2. The second-order valence-electron chi connectivity index (χ2n) is 8.88. The first-order chi connectivity index (χ1) is 17.3. The van der Waals surface area contributed by atoms with E-state index >= 15 is 0 Å². The fourth-order valence-corrected chi connectivity index (χ4v) is 4.50. The van der Waals surface area contributed by atoms with Crippen molar-refractivity contribution in [1.82, 2.24) is 24.5 Å². The number of anilines is 1. The lowest BCUT2D eigenvalue weighted by Crippen LogP contribution is -2.20. The molecule has 5 rings (SSSR count). The first-order valence-corrected chi connectivity index (χ1v) is 11.8. The Morgan fingerprint density at radius 1 is 1.08 bits per heavy atom. The molecule has 0 spiro atoms. The zero-order valence-corrected chi connectivity index (χ0v) is 20.3. The van der Waals surface area contributed by atoms with Gasteiger partial charge in [0.05, 0.1) is 5.69 Å². The third-order valence-electron chi connectivity index (χ3n) is 6.40. The summed E-state index contributed by atoms with van der Waals surface area (Å²) >= 11 is 0. The summed E-state index contributed by atoms with van der Waals surface area (Å²) in [5, 5.41) is 15.3. The van der Waals surface area contributed by atoms with E-state index in [0.717, 1.165) is 53.9 Å². The van der Waals surface area contributed by atoms with E-state index < -0.39 is 23.2 Å². The molecule has 0 aliphatic carbocycles. The minimum atomic E-state index is -0.857. The molecule has 2 aromatic heterocycles. The van der Waals surface area contributed by atoms with Crippen molar-refractivity contribution in [2.45, 2.75) is 39.3 Å². The number of ether oxygens (including phenoxy) is 1. The molecule has 1 aliphatic heterocycles. The van der Waals surface area contributed by atoms with Gasteiger partial charge in [0, 0.05) is 24.8 Å². The summed E-state index contributed by atoms with van der Waals surface area (Å²) < 4.78 is 37.6. The van der Waals surface area contributed by atoms with Gasteiger partial charge in [-0.15, -0.1) is 10.2 Å². The summed E-state index contributed by atoms with van der Waals surface area (Å²) in [6.07, 6.45) is 2.91. The number of aryl methyl sites for hydroxylation is 3. The van der Waals surface area contributed by atoms with Crippen LogP contribution in [-0.2, 0) is 11.8 Å². The predicted octanol–water partition coefficient (Wildman–Crippen LogP) is 5.19. The molecular weight excluding hydrogens is 466 g/mol. The van der Waals surface area contributed by atoms with Crippen LogP contribution in [0.15, 0.2) is 42.5 Å². The van der Waals surface area contributed by atoms with Gasteiger partial charge in [0.15, 0.2) is 11.5 Å². The van der Waals surface area contributed by atoms with Gasteiger partial charge in [-0.05, 0) is 62.9 Å². The molecule has 1 aliphatic rings. The molecule has 4 aromatic rings. The summed E-state index contributed by atoms with van der Waals surface area (Å²) in [7, 11) is 1.71. The summed E-state index contributed by atoms with van der Waals surface area (Å²) in [5.74, 6) is -0.942. The van der Waals surface area contributed by atoms with Gasteiger partial charge in [0.25, 0.3) is 5.91 Å². The van der Waals surface area contributed by atoms with Gasteiger partial charge in [-0.25, -0.2) is 8.78 Å². The molecule has 1 fully saturated rings. The van der Waals surface area contributed by atoms with Gasteiger partial charge >= 0.3 is 0 Å². The molecule has 36 heavy (non-hydrogen) atoms. The number of carbonyl (C=O) groups is 1. The van der Waals surface area contributed by atoms with Gasteiger partial charge in [-0.2, -0.15) is 5.10 Å². The molecule has 0 radical (unpaired) electrons. The van der Waals surface area contributed by atoms with E-state index in [-0.39, 0.29) is 11.9 Å². The highest BCUT2D eigenvalue weighted by atomic mass is 19.1. The second-order valence-corrected chi connectivity index (χ2v) is 8.88. The lowest BCUT2D eigenvalue weighted by Gasteiger charge is -2.25. The molecule has 1 atom stereocenters. The van der Waals surface area contributed by atoms with E-state index in [2.05, 4.69) is 20.6 Å². The van der Waals surface area contributed by atoms with Crippen LogP contribution in [0, 0.1) is 25.5 Å². The first kappa shape index (κ1) is 23.8. The average Bonchev–Trinajstić information content (AvgIpc) is 3.45. The van der Waals surface area contributed by atoms with Crippen molar-refractivity contribution in [1.29, 1.82) is 0 Å². The monoisotopic (exact) mass is 492 g/mol. The predicted molar refractivity (Wildman–Crippen MR) is 130 cm³/mol. The molecule has 1 amide bonds. The van der Waals surface area contributed by atoms with Crippen molar-refractivity contribution in [3.05, 3.63) is 71.2 Å². The van der Waals surface area contributed by atoms with E-state index in [1.807, 2.05) is 36.6 Å². The highest BCUT2D eigenvalue weighted by Crippen LogP contribution is 2.33.